The van der Waals surface area contributed by atoms with Gasteiger partial charge in [0.25, 0.3) is 5.91 Å². The van der Waals surface area contributed by atoms with E-state index < -0.39 is 0 Å². The summed E-state index contributed by atoms with van der Waals surface area (Å²) in [4.78, 5) is 11.9. The summed E-state index contributed by atoms with van der Waals surface area (Å²) in [6.45, 7) is 0. The Labute approximate surface area is 121 Å². The van der Waals surface area contributed by atoms with Crippen LogP contribution in [0.3, 0.4) is 0 Å². The summed E-state index contributed by atoms with van der Waals surface area (Å²) in [6, 6.07) is 14.4. The number of benzene rings is 2. The molecule has 0 spiro atoms. The van der Waals surface area contributed by atoms with Gasteiger partial charge in [0, 0.05) is 11.2 Å². The number of hydrogen-bond donors (Lipinski definition) is 1. The molecule has 2 rings (SSSR count). The maximum Gasteiger partial charge on any atom is 0.256 e. The number of nitrogens with one attached hydrogen (secondary N) is 1. The molecule has 0 heterocycles. The summed E-state index contributed by atoms with van der Waals surface area (Å²) in [6.07, 6.45) is 3.39. The predicted molar refractivity (Wildman–Crippen MR) is 79.4 cm³/mol. The Morgan fingerprint density at radius 3 is 2.47 bits per heavy atom. The Balaban J connectivity index is 2.04. The van der Waals surface area contributed by atoms with E-state index in [0.29, 0.717) is 15.6 Å². The van der Waals surface area contributed by atoms with Crippen LogP contribution >= 0.6 is 23.2 Å². The third-order valence-corrected chi connectivity index (χ3v) is 3.01. The summed E-state index contributed by atoms with van der Waals surface area (Å²) >= 11 is 11.7. The van der Waals surface area contributed by atoms with E-state index in [1.165, 1.54) is 0 Å². The zero-order chi connectivity index (χ0) is 13.7. The van der Waals surface area contributed by atoms with E-state index in [0.717, 1.165) is 5.56 Å². The van der Waals surface area contributed by atoms with Crippen LogP contribution in [0.2, 0.25) is 10.0 Å². The van der Waals surface area contributed by atoms with Gasteiger partial charge in [-0.15, -0.1) is 0 Å². The van der Waals surface area contributed by atoms with Gasteiger partial charge in [0.05, 0.1) is 10.6 Å². The largest absolute Gasteiger partial charge is 0.329 e. The average molecular weight is 292 g/mol. The van der Waals surface area contributed by atoms with Crippen LogP contribution in [0.15, 0.2) is 54.7 Å². The van der Waals surface area contributed by atoms with Crippen LogP contribution in [0.5, 0.6) is 0 Å². The molecule has 0 radical (unpaired) electrons. The van der Waals surface area contributed by atoms with Gasteiger partial charge in [-0.1, -0.05) is 53.5 Å². The molecule has 0 aliphatic rings. The molecule has 0 saturated heterocycles. The Kier molecular flexibility index (Phi) is 4.61. The fraction of sp³-hybridized carbons (Fsp3) is 0. The number of hydrogen-bond acceptors (Lipinski definition) is 1. The second-order valence-corrected chi connectivity index (χ2v) is 4.69. The Hall–Kier alpha value is -1.77. The van der Waals surface area contributed by atoms with E-state index in [4.69, 9.17) is 23.2 Å². The molecular weight excluding hydrogens is 281 g/mol. The quantitative estimate of drug-likeness (QED) is 0.893. The lowest BCUT2D eigenvalue weighted by atomic mass is 10.2. The molecule has 19 heavy (non-hydrogen) atoms. The first-order chi connectivity index (χ1) is 9.16. The lowest BCUT2D eigenvalue weighted by molar-refractivity contribution is 0.0970. The van der Waals surface area contributed by atoms with Crippen molar-refractivity contribution < 1.29 is 4.79 Å². The number of carbonyl (C=O) groups excluding carboxylic acids is 1. The van der Waals surface area contributed by atoms with Gasteiger partial charge in [-0.25, -0.2) is 0 Å². The van der Waals surface area contributed by atoms with Crippen LogP contribution in [0.4, 0.5) is 0 Å². The molecule has 0 bridgehead atoms. The fourth-order valence-electron chi connectivity index (χ4n) is 1.53. The van der Waals surface area contributed by atoms with E-state index in [1.54, 1.807) is 24.4 Å². The Bertz CT molecular complexity index is 609. The highest BCUT2D eigenvalue weighted by Gasteiger charge is 2.08. The van der Waals surface area contributed by atoms with Gasteiger partial charge in [0.1, 0.15) is 0 Å². The highest BCUT2D eigenvalue weighted by atomic mass is 35.5. The normalized spacial score (nSPS) is 10.6. The molecule has 1 N–H and O–H groups in total. The molecular formula is C15H11Cl2NO. The van der Waals surface area contributed by atoms with Gasteiger partial charge >= 0.3 is 0 Å². The van der Waals surface area contributed by atoms with Crippen molar-refractivity contribution in [2.24, 2.45) is 0 Å². The molecule has 0 aliphatic carbocycles. The van der Waals surface area contributed by atoms with Gasteiger partial charge in [0.2, 0.25) is 0 Å². The van der Waals surface area contributed by atoms with Gasteiger partial charge in [-0.3, -0.25) is 4.79 Å². The molecule has 4 heteroatoms. The SMILES string of the molecule is O=C(N/C=C\c1ccccc1)c1ccc(Cl)cc1Cl. The first-order valence-corrected chi connectivity index (χ1v) is 6.40. The van der Waals surface area contributed by atoms with Crippen molar-refractivity contribution >= 4 is 35.2 Å². The first kappa shape index (κ1) is 13.7. The van der Waals surface area contributed by atoms with Crippen LogP contribution in [0.1, 0.15) is 15.9 Å². The minimum Gasteiger partial charge on any atom is -0.329 e. The number of amides is 1. The molecule has 0 unspecified atom stereocenters. The van der Waals surface area contributed by atoms with Crippen molar-refractivity contribution in [1.82, 2.24) is 5.32 Å². The smallest absolute Gasteiger partial charge is 0.256 e. The van der Waals surface area contributed by atoms with Crippen molar-refractivity contribution in [2.45, 2.75) is 0 Å². The monoisotopic (exact) mass is 291 g/mol. The maximum atomic E-state index is 11.9. The minimum atomic E-state index is -0.270. The van der Waals surface area contributed by atoms with Gasteiger partial charge in [-0.05, 0) is 29.8 Å². The van der Waals surface area contributed by atoms with Crippen LogP contribution in [0, 0.1) is 0 Å². The van der Waals surface area contributed by atoms with E-state index in [9.17, 15) is 4.79 Å². The van der Waals surface area contributed by atoms with Crippen molar-refractivity contribution in [3.63, 3.8) is 0 Å². The summed E-state index contributed by atoms with van der Waals surface area (Å²) in [5.74, 6) is -0.270. The Morgan fingerprint density at radius 2 is 1.79 bits per heavy atom. The van der Waals surface area contributed by atoms with Crippen molar-refractivity contribution in [1.29, 1.82) is 0 Å². The standard InChI is InChI=1S/C15H11Cl2NO/c16-12-6-7-13(14(17)10-12)15(19)18-9-8-11-4-2-1-3-5-11/h1-10H,(H,18,19)/b9-8-. The van der Waals surface area contributed by atoms with E-state index in [1.807, 2.05) is 36.4 Å². The molecule has 0 atom stereocenters. The molecule has 0 saturated carbocycles. The van der Waals surface area contributed by atoms with E-state index in [2.05, 4.69) is 5.32 Å². The van der Waals surface area contributed by atoms with Crippen molar-refractivity contribution in [2.75, 3.05) is 0 Å². The maximum absolute atomic E-state index is 11.9. The number of carbonyl (C=O) groups is 1. The second kappa shape index (κ2) is 6.41. The predicted octanol–water partition coefficient (Wildman–Crippen LogP) is 4.39. The third kappa shape index (κ3) is 3.85. The van der Waals surface area contributed by atoms with Gasteiger partial charge in [-0.2, -0.15) is 0 Å². The van der Waals surface area contributed by atoms with Gasteiger partial charge in [0.15, 0.2) is 0 Å². The second-order valence-electron chi connectivity index (χ2n) is 3.84. The van der Waals surface area contributed by atoms with Crippen LogP contribution in [0.25, 0.3) is 6.08 Å². The zero-order valence-electron chi connectivity index (χ0n) is 9.94. The van der Waals surface area contributed by atoms with Crippen molar-refractivity contribution in [3.05, 3.63) is 75.9 Å². The van der Waals surface area contributed by atoms with E-state index in [-0.39, 0.29) is 5.91 Å². The van der Waals surface area contributed by atoms with Crippen LogP contribution in [-0.2, 0) is 0 Å². The number of halogens is 2. The van der Waals surface area contributed by atoms with Crippen LogP contribution in [-0.4, -0.2) is 5.91 Å². The topological polar surface area (TPSA) is 29.1 Å². The summed E-state index contributed by atoms with van der Waals surface area (Å²) in [5.41, 5.74) is 1.40. The lowest BCUT2D eigenvalue weighted by Gasteiger charge is -2.03. The number of rotatable bonds is 3. The summed E-state index contributed by atoms with van der Waals surface area (Å²) in [5, 5.41) is 3.49. The molecule has 2 aromatic carbocycles. The third-order valence-electron chi connectivity index (χ3n) is 2.47. The Morgan fingerprint density at radius 1 is 1.05 bits per heavy atom. The molecule has 2 aromatic rings. The molecule has 0 fully saturated rings. The molecule has 0 aliphatic heterocycles. The minimum absolute atomic E-state index is 0.270. The summed E-state index contributed by atoms with van der Waals surface area (Å²) in [7, 11) is 0. The lowest BCUT2D eigenvalue weighted by Crippen LogP contribution is -2.17. The van der Waals surface area contributed by atoms with Gasteiger partial charge < -0.3 is 5.32 Å². The molecule has 1 amide bonds. The average Bonchev–Trinajstić information content (AvgIpc) is 2.39. The first-order valence-electron chi connectivity index (χ1n) is 5.64. The highest BCUT2D eigenvalue weighted by molar-refractivity contribution is 6.36. The highest BCUT2D eigenvalue weighted by Crippen LogP contribution is 2.20. The zero-order valence-corrected chi connectivity index (χ0v) is 11.4. The molecule has 2 nitrogen and oxygen atoms in total. The van der Waals surface area contributed by atoms with Crippen molar-refractivity contribution in [3.8, 4) is 0 Å². The van der Waals surface area contributed by atoms with E-state index >= 15 is 0 Å². The summed E-state index contributed by atoms with van der Waals surface area (Å²) < 4.78 is 0. The van der Waals surface area contributed by atoms with Crippen LogP contribution < -0.4 is 5.32 Å². The molecule has 0 aromatic heterocycles. The fourth-order valence-corrected chi connectivity index (χ4v) is 2.02. The molecule has 96 valence electrons.